The van der Waals surface area contributed by atoms with Crippen molar-refractivity contribution >= 4 is 5.82 Å². The van der Waals surface area contributed by atoms with Crippen LogP contribution in [-0.4, -0.2) is 22.8 Å². The molecule has 1 rings (SSSR count). The van der Waals surface area contributed by atoms with E-state index in [2.05, 4.69) is 9.97 Å². The van der Waals surface area contributed by atoms with E-state index in [1.807, 2.05) is 6.92 Å². The van der Waals surface area contributed by atoms with Gasteiger partial charge in [0.25, 0.3) is 0 Å². The molecular weight excluding hydrogens is 235 g/mol. The molecule has 96 valence electrons. The number of hydrogen-bond acceptors (Lipinski definition) is 4. The summed E-state index contributed by atoms with van der Waals surface area (Å²) in [6.45, 7) is 1.46. The summed E-state index contributed by atoms with van der Waals surface area (Å²) in [7, 11) is 0. The highest BCUT2D eigenvalue weighted by Crippen LogP contribution is 2.23. The number of halogens is 3. The minimum absolute atomic E-state index is 0.142. The third kappa shape index (κ3) is 4.46. The van der Waals surface area contributed by atoms with Crippen LogP contribution in [0, 0.1) is 0 Å². The first-order valence-corrected chi connectivity index (χ1v) is 5.23. The first-order chi connectivity index (χ1) is 7.94. The molecule has 2 N–H and O–H groups in total. The quantitative estimate of drug-likeness (QED) is 0.870. The van der Waals surface area contributed by atoms with Crippen molar-refractivity contribution in [1.82, 2.24) is 9.97 Å². The number of rotatable bonds is 5. The minimum Gasteiger partial charge on any atom is -0.477 e. The number of nitrogens with two attached hydrogens (primary N) is 1. The van der Waals surface area contributed by atoms with Gasteiger partial charge in [0.2, 0.25) is 5.88 Å². The maximum atomic E-state index is 11.9. The molecule has 0 atom stereocenters. The zero-order valence-electron chi connectivity index (χ0n) is 9.42. The molecule has 0 saturated carbocycles. The molecule has 0 bridgehead atoms. The largest absolute Gasteiger partial charge is 0.477 e. The average Bonchev–Trinajstić information content (AvgIpc) is 2.21. The lowest BCUT2D eigenvalue weighted by Gasteiger charge is -2.11. The molecule has 0 spiro atoms. The molecule has 0 radical (unpaired) electrons. The van der Waals surface area contributed by atoms with Crippen molar-refractivity contribution in [3.05, 3.63) is 11.9 Å². The number of nitrogen functional groups attached to an aromatic ring is 1. The van der Waals surface area contributed by atoms with Crippen LogP contribution in [-0.2, 0) is 6.42 Å². The van der Waals surface area contributed by atoms with Crippen molar-refractivity contribution < 1.29 is 17.9 Å². The van der Waals surface area contributed by atoms with E-state index in [1.54, 1.807) is 0 Å². The van der Waals surface area contributed by atoms with Crippen LogP contribution >= 0.6 is 0 Å². The fourth-order valence-corrected chi connectivity index (χ4v) is 1.28. The van der Waals surface area contributed by atoms with Crippen molar-refractivity contribution in [2.24, 2.45) is 0 Å². The molecular formula is C10H14F3N3O. The number of hydrogen-bond donors (Lipinski definition) is 1. The Balaban J connectivity index is 2.67. The normalized spacial score (nSPS) is 11.5. The van der Waals surface area contributed by atoms with Gasteiger partial charge in [0, 0.05) is 0 Å². The molecule has 0 aromatic carbocycles. The third-order valence-electron chi connectivity index (χ3n) is 2.06. The van der Waals surface area contributed by atoms with Crippen LogP contribution in [0.1, 0.15) is 25.3 Å². The monoisotopic (exact) mass is 249 g/mol. The van der Waals surface area contributed by atoms with Crippen molar-refractivity contribution in [3.8, 4) is 5.88 Å². The van der Waals surface area contributed by atoms with Gasteiger partial charge in [-0.2, -0.15) is 13.2 Å². The van der Waals surface area contributed by atoms with E-state index < -0.39 is 19.2 Å². The van der Waals surface area contributed by atoms with E-state index in [0.29, 0.717) is 12.0 Å². The predicted molar refractivity (Wildman–Crippen MR) is 56.6 cm³/mol. The van der Waals surface area contributed by atoms with Gasteiger partial charge in [0.05, 0.1) is 18.6 Å². The molecule has 7 heteroatoms. The number of nitrogens with zero attached hydrogens (tertiary/aromatic N) is 2. The fraction of sp³-hybridized carbons (Fsp3) is 0.600. The Bertz CT molecular complexity index is 368. The molecule has 0 aliphatic carbocycles. The summed E-state index contributed by atoms with van der Waals surface area (Å²) in [6.07, 6.45) is -2.70. The number of anilines is 1. The molecule has 0 unspecified atom stereocenters. The second kappa shape index (κ2) is 5.70. The van der Waals surface area contributed by atoms with Gasteiger partial charge >= 0.3 is 6.18 Å². The Morgan fingerprint density at radius 3 is 2.65 bits per heavy atom. The summed E-state index contributed by atoms with van der Waals surface area (Å²) in [5.41, 5.74) is 6.18. The van der Waals surface area contributed by atoms with Gasteiger partial charge in [-0.3, -0.25) is 0 Å². The predicted octanol–water partition coefficient (Wildman–Crippen LogP) is 2.34. The summed E-state index contributed by atoms with van der Waals surface area (Å²) in [5, 5.41) is 0. The first-order valence-electron chi connectivity index (χ1n) is 5.23. The molecule has 0 amide bonds. The molecule has 0 fully saturated rings. The number of alkyl halides is 3. The van der Waals surface area contributed by atoms with E-state index in [9.17, 15) is 13.2 Å². The van der Waals surface area contributed by atoms with Gasteiger partial charge in [-0.1, -0.05) is 13.3 Å². The SMILES string of the molecule is CCCc1c(N)ncnc1OCCC(F)(F)F. The molecule has 0 aliphatic heterocycles. The highest BCUT2D eigenvalue weighted by atomic mass is 19.4. The zero-order chi connectivity index (χ0) is 12.9. The molecule has 4 nitrogen and oxygen atoms in total. The van der Waals surface area contributed by atoms with E-state index in [0.717, 1.165) is 6.42 Å². The number of ether oxygens (including phenoxy) is 1. The first kappa shape index (κ1) is 13.5. The summed E-state index contributed by atoms with van der Waals surface area (Å²) in [6, 6.07) is 0. The highest BCUT2D eigenvalue weighted by Gasteiger charge is 2.27. The Morgan fingerprint density at radius 1 is 1.35 bits per heavy atom. The highest BCUT2D eigenvalue weighted by molar-refractivity contribution is 5.44. The number of aromatic nitrogens is 2. The van der Waals surface area contributed by atoms with Crippen LogP contribution in [0.3, 0.4) is 0 Å². The minimum atomic E-state index is -4.23. The smallest absolute Gasteiger partial charge is 0.392 e. The van der Waals surface area contributed by atoms with Gasteiger partial charge in [0.1, 0.15) is 12.1 Å². The summed E-state index contributed by atoms with van der Waals surface area (Å²) in [5.74, 6) is 0.396. The zero-order valence-corrected chi connectivity index (χ0v) is 9.42. The Morgan fingerprint density at radius 2 is 2.06 bits per heavy atom. The lowest BCUT2D eigenvalue weighted by Crippen LogP contribution is -2.14. The Kier molecular flexibility index (Phi) is 4.53. The van der Waals surface area contributed by atoms with E-state index >= 15 is 0 Å². The lowest BCUT2D eigenvalue weighted by atomic mass is 10.2. The molecule has 1 aromatic rings. The summed E-state index contributed by atoms with van der Waals surface area (Å²) >= 11 is 0. The lowest BCUT2D eigenvalue weighted by molar-refractivity contribution is -0.139. The second-order valence-electron chi connectivity index (χ2n) is 3.51. The Labute approximate surface area is 97.0 Å². The fourth-order valence-electron chi connectivity index (χ4n) is 1.28. The van der Waals surface area contributed by atoms with Crippen molar-refractivity contribution in [3.63, 3.8) is 0 Å². The molecule has 0 aliphatic rings. The maximum Gasteiger partial charge on any atom is 0.392 e. The van der Waals surface area contributed by atoms with Crippen LogP contribution in [0.2, 0.25) is 0 Å². The van der Waals surface area contributed by atoms with E-state index in [4.69, 9.17) is 10.5 Å². The maximum absolute atomic E-state index is 11.9. The summed E-state index contributed by atoms with van der Waals surface area (Å²) in [4.78, 5) is 7.58. The molecule has 17 heavy (non-hydrogen) atoms. The van der Waals surface area contributed by atoms with Gasteiger partial charge < -0.3 is 10.5 Å². The average molecular weight is 249 g/mol. The third-order valence-corrected chi connectivity index (χ3v) is 2.06. The van der Waals surface area contributed by atoms with Crippen LogP contribution < -0.4 is 10.5 Å². The van der Waals surface area contributed by atoms with Crippen molar-refractivity contribution in [2.45, 2.75) is 32.4 Å². The Hall–Kier alpha value is -1.53. The van der Waals surface area contributed by atoms with Crippen LogP contribution in [0.15, 0.2) is 6.33 Å². The van der Waals surface area contributed by atoms with Crippen LogP contribution in [0.4, 0.5) is 19.0 Å². The van der Waals surface area contributed by atoms with E-state index in [-0.39, 0.29) is 11.7 Å². The van der Waals surface area contributed by atoms with Crippen molar-refractivity contribution in [1.29, 1.82) is 0 Å². The van der Waals surface area contributed by atoms with E-state index in [1.165, 1.54) is 6.33 Å². The molecule has 0 saturated heterocycles. The molecule has 1 aromatic heterocycles. The van der Waals surface area contributed by atoms with Gasteiger partial charge in [-0.25, -0.2) is 9.97 Å². The van der Waals surface area contributed by atoms with Gasteiger partial charge in [-0.05, 0) is 6.42 Å². The molecule has 1 heterocycles. The van der Waals surface area contributed by atoms with Gasteiger partial charge in [-0.15, -0.1) is 0 Å². The van der Waals surface area contributed by atoms with Gasteiger partial charge in [0.15, 0.2) is 0 Å². The van der Waals surface area contributed by atoms with Crippen LogP contribution in [0.25, 0.3) is 0 Å². The standard InChI is InChI=1S/C10H14F3N3O/c1-2-3-7-8(14)15-6-16-9(7)17-5-4-10(11,12)13/h6H,2-5H2,1H3,(H2,14,15,16). The summed E-state index contributed by atoms with van der Waals surface area (Å²) < 4.78 is 40.8. The second-order valence-corrected chi connectivity index (χ2v) is 3.51. The topological polar surface area (TPSA) is 61.0 Å². The van der Waals surface area contributed by atoms with Crippen LogP contribution in [0.5, 0.6) is 5.88 Å². The van der Waals surface area contributed by atoms with Crippen molar-refractivity contribution in [2.75, 3.05) is 12.3 Å².